The van der Waals surface area contributed by atoms with Crippen LogP contribution in [0, 0.1) is 18.3 Å². The second-order valence-electron chi connectivity index (χ2n) is 3.10. The summed E-state index contributed by atoms with van der Waals surface area (Å²) in [6, 6.07) is 9.57. The normalized spacial score (nSPS) is 9.07. The minimum atomic E-state index is -0.181. The van der Waals surface area contributed by atoms with Crippen LogP contribution in [-0.4, -0.2) is 19.0 Å². The number of aryl methyl sites for hydroxylation is 1. The summed E-state index contributed by atoms with van der Waals surface area (Å²) in [4.78, 5) is 11.2. The van der Waals surface area contributed by atoms with Gasteiger partial charge in [-0.3, -0.25) is 4.79 Å². The molecule has 0 atom stereocenters. The first-order valence-electron chi connectivity index (χ1n) is 4.67. The van der Waals surface area contributed by atoms with Crippen LogP contribution in [-0.2, 0) is 4.79 Å². The highest BCUT2D eigenvalue weighted by Crippen LogP contribution is 2.12. The van der Waals surface area contributed by atoms with E-state index in [0.29, 0.717) is 0 Å². The molecule has 0 unspecified atom stereocenters. The minimum Gasteiger partial charge on any atom is -0.376 e. The maximum Gasteiger partial charge on any atom is 0.240 e. The standard InChI is InChI=1S/C11H13N3O/c1-9-4-2-3-5-10(9)14-8-11(15)13-7-6-12/h2-5,14H,7-8H2,1H3,(H,13,15). The lowest BCUT2D eigenvalue weighted by atomic mass is 10.2. The largest absolute Gasteiger partial charge is 0.376 e. The van der Waals surface area contributed by atoms with E-state index in [1.807, 2.05) is 37.3 Å². The quantitative estimate of drug-likeness (QED) is 0.719. The van der Waals surface area contributed by atoms with Crippen molar-refractivity contribution >= 4 is 11.6 Å². The van der Waals surface area contributed by atoms with Crippen molar-refractivity contribution in [2.24, 2.45) is 0 Å². The van der Waals surface area contributed by atoms with Crippen molar-refractivity contribution in [3.05, 3.63) is 29.8 Å². The van der Waals surface area contributed by atoms with E-state index in [1.54, 1.807) is 0 Å². The summed E-state index contributed by atoms with van der Waals surface area (Å²) >= 11 is 0. The molecule has 78 valence electrons. The van der Waals surface area contributed by atoms with Crippen molar-refractivity contribution in [3.8, 4) is 6.07 Å². The van der Waals surface area contributed by atoms with Crippen molar-refractivity contribution in [2.45, 2.75) is 6.92 Å². The first-order chi connectivity index (χ1) is 7.24. The van der Waals surface area contributed by atoms with E-state index in [4.69, 9.17) is 5.26 Å². The van der Waals surface area contributed by atoms with Crippen LogP contribution >= 0.6 is 0 Å². The third-order valence-corrected chi connectivity index (χ3v) is 1.95. The van der Waals surface area contributed by atoms with E-state index in [2.05, 4.69) is 10.6 Å². The Morgan fingerprint density at radius 1 is 1.47 bits per heavy atom. The summed E-state index contributed by atoms with van der Waals surface area (Å²) in [6.45, 7) is 2.20. The molecular weight excluding hydrogens is 190 g/mol. The number of nitriles is 1. The van der Waals surface area contributed by atoms with Gasteiger partial charge in [-0.15, -0.1) is 0 Å². The van der Waals surface area contributed by atoms with Crippen molar-refractivity contribution < 1.29 is 4.79 Å². The van der Waals surface area contributed by atoms with Crippen LogP contribution in [0.15, 0.2) is 24.3 Å². The van der Waals surface area contributed by atoms with Crippen LogP contribution < -0.4 is 10.6 Å². The molecule has 1 aromatic rings. The Balaban J connectivity index is 2.41. The highest BCUT2D eigenvalue weighted by atomic mass is 16.1. The van der Waals surface area contributed by atoms with Crippen molar-refractivity contribution in [1.82, 2.24) is 5.32 Å². The van der Waals surface area contributed by atoms with Gasteiger partial charge in [0.2, 0.25) is 5.91 Å². The number of hydrogen-bond donors (Lipinski definition) is 2. The molecule has 0 aromatic heterocycles. The smallest absolute Gasteiger partial charge is 0.240 e. The van der Waals surface area contributed by atoms with Gasteiger partial charge in [0.25, 0.3) is 0 Å². The van der Waals surface area contributed by atoms with Gasteiger partial charge < -0.3 is 10.6 Å². The van der Waals surface area contributed by atoms with E-state index in [0.717, 1.165) is 11.3 Å². The lowest BCUT2D eigenvalue weighted by Crippen LogP contribution is -2.30. The number of nitrogens with one attached hydrogen (secondary N) is 2. The molecule has 4 nitrogen and oxygen atoms in total. The molecule has 0 fully saturated rings. The van der Waals surface area contributed by atoms with Gasteiger partial charge in [-0.2, -0.15) is 5.26 Å². The molecule has 0 aliphatic rings. The predicted octanol–water partition coefficient (Wildman–Crippen LogP) is 1.05. The van der Waals surface area contributed by atoms with Crippen LogP contribution in [0.5, 0.6) is 0 Å². The zero-order valence-corrected chi connectivity index (χ0v) is 8.58. The van der Waals surface area contributed by atoms with Crippen LogP contribution in [0.4, 0.5) is 5.69 Å². The molecule has 1 aromatic carbocycles. The minimum absolute atomic E-state index is 0.0499. The van der Waals surface area contributed by atoms with E-state index < -0.39 is 0 Å². The number of carbonyl (C=O) groups excluding carboxylic acids is 1. The summed E-state index contributed by atoms with van der Waals surface area (Å²) < 4.78 is 0. The average Bonchev–Trinajstić information content (AvgIpc) is 2.25. The Morgan fingerprint density at radius 2 is 2.20 bits per heavy atom. The summed E-state index contributed by atoms with van der Waals surface area (Å²) in [5.41, 5.74) is 2.02. The molecule has 15 heavy (non-hydrogen) atoms. The molecule has 0 aliphatic carbocycles. The van der Waals surface area contributed by atoms with Crippen molar-refractivity contribution in [1.29, 1.82) is 5.26 Å². The molecule has 0 saturated heterocycles. The Bertz CT molecular complexity index is 382. The number of carbonyl (C=O) groups is 1. The Hall–Kier alpha value is -2.02. The van der Waals surface area contributed by atoms with Gasteiger partial charge >= 0.3 is 0 Å². The molecule has 0 bridgehead atoms. The first-order valence-corrected chi connectivity index (χ1v) is 4.67. The van der Waals surface area contributed by atoms with E-state index in [1.165, 1.54) is 0 Å². The molecule has 1 rings (SSSR count). The molecule has 0 radical (unpaired) electrons. The van der Waals surface area contributed by atoms with Crippen LogP contribution in [0.2, 0.25) is 0 Å². The third-order valence-electron chi connectivity index (χ3n) is 1.95. The van der Waals surface area contributed by atoms with Crippen molar-refractivity contribution in [2.75, 3.05) is 18.4 Å². The number of rotatable bonds is 4. The maximum atomic E-state index is 11.2. The van der Waals surface area contributed by atoms with Gasteiger partial charge in [0.15, 0.2) is 0 Å². The van der Waals surface area contributed by atoms with Crippen molar-refractivity contribution in [3.63, 3.8) is 0 Å². The van der Waals surface area contributed by atoms with Gasteiger partial charge in [-0.25, -0.2) is 0 Å². The molecule has 0 aliphatic heterocycles. The zero-order chi connectivity index (χ0) is 11.1. The molecule has 0 heterocycles. The van der Waals surface area contributed by atoms with Crippen LogP contribution in [0.3, 0.4) is 0 Å². The average molecular weight is 203 g/mol. The number of nitrogens with zero attached hydrogens (tertiary/aromatic N) is 1. The molecule has 2 N–H and O–H groups in total. The lowest BCUT2D eigenvalue weighted by molar-refractivity contribution is -0.119. The van der Waals surface area contributed by atoms with Gasteiger partial charge in [-0.05, 0) is 18.6 Å². The summed E-state index contributed by atoms with van der Waals surface area (Å²) in [5, 5.41) is 13.7. The zero-order valence-electron chi connectivity index (χ0n) is 8.58. The molecule has 1 amide bonds. The number of para-hydroxylation sites is 1. The second kappa shape index (κ2) is 5.66. The fourth-order valence-corrected chi connectivity index (χ4v) is 1.15. The topological polar surface area (TPSA) is 64.9 Å². The van der Waals surface area contributed by atoms with Gasteiger partial charge in [-0.1, -0.05) is 18.2 Å². The highest BCUT2D eigenvalue weighted by molar-refractivity contribution is 5.81. The SMILES string of the molecule is Cc1ccccc1NCC(=O)NCC#N. The van der Waals surface area contributed by atoms with E-state index in [9.17, 15) is 4.79 Å². The predicted molar refractivity (Wildman–Crippen MR) is 58.3 cm³/mol. The summed E-state index contributed by atoms with van der Waals surface area (Å²) in [5.74, 6) is -0.181. The van der Waals surface area contributed by atoms with Crippen LogP contribution in [0.1, 0.15) is 5.56 Å². The lowest BCUT2D eigenvalue weighted by Gasteiger charge is -2.08. The fourth-order valence-electron chi connectivity index (χ4n) is 1.15. The Labute approximate surface area is 88.9 Å². The molecule has 0 saturated carbocycles. The molecule has 0 spiro atoms. The number of amides is 1. The Morgan fingerprint density at radius 3 is 2.87 bits per heavy atom. The summed E-state index contributed by atoms with van der Waals surface area (Å²) in [7, 11) is 0. The fraction of sp³-hybridized carbons (Fsp3) is 0.273. The third kappa shape index (κ3) is 3.69. The number of anilines is 1. The van der Waals surface area contributed by atoms with Gasteiger partial charge in [0, 0.05) is 5.69 Å². The highest BCUT2D eigenvalue weighted by Gasteiger charge is 2.00. The van der Waals surface area contributed by atoms with E-state index >= 15 is 0 Å². The number of benzene rings is 1. The molecular formula is C11H13N3O. The monoisotopic (exact) mass is 203 g/mol. The van der Waals surface area contributed by atoms with Crippen LogP contribution in [0.25, 0.3) is 0 Å². The second-order valence-corrected chi connectivity index (χ2v) is 3.10. The Kier molecular flexibility index (Phi) is 4.17. The number of hydrogen-bond acceptors (Lipinski definition) is 3. The van der Waals surface area contributed by atoms with Gasteiger partial charge in [0.05, 0.1) is 12.6 Å². The summed E-state index contributed by atoms with van der Waals surface area (Å²) in [6.07, 6.45) is 0. The maximum absolute atomic E-state index is 11.2. The molecule has 4 heteroatoms. The van der Waals surface area contributed by atoms with Gasteiger partial charge in [0.1, 0.15) is 6.54 Å². The van der Waals surface area contributed by atoms with E-state index in [-0.39, 0.29) is 19.0 Å². The first kappa shape index (κ1) is 11.1.